The molecule has 0 amide bonds. The first-order valence-electron chi connectivity index (χ1n) is 8.54. The van der Waals surface area contributed by atoms with E-state index in [4.69, 9.17) is 0 Å². The highest BCUT2D eigenvalue weighted by atomic mass is 16.6. The molecular formula is C20H18O11. The molecule has 11 nitrogen and oxygen atoms in total. The Morgan fingerprint density at radius 1 is 0.903 bits per heavy atom. The monoisotopic (exact) mass is 434 g/mol. The zero-order chi connectivity index (χ0) is 23.3. The predicted molar refractivity (Wildman–Crippen MR) is 102 cm³/mol. The van der Waals surface area contributed by atoms with Crippen LogP contribution >= 0.6 is 0 Å². The highest BCUT2D eigenvalue weighted by molar-refractivity contribution is 5.93. The van der Waals surface area contributed by atoms with E-state index in [9.17, 15) is 50.1 Å². The average molecular weight is 434 g/mol. The van der Waals surface area contributed by atoms with Crippen LogP contribution in [0.15, 0.2) is 42.5 Å². The Morgan fingerprint density at radius 3 is 2.00 bits per heavy atom. The normalized spacial score (nSPS) is 14.0. The SMILES string of the molecule is O=C(C=Cc1ccc(O)c(O)c1)O[C@@H](C(=O)O)[C@@](O)(Cc1ccc(O)c(O)c1)C(=O)O. The molecule has 0 aliphatic heterocycles. The van der Waals surface area contributed by atoms with Gasteiger partial charge in [-0.2, -0.15) is 0 Å². The smallest absolute Gasteiger partial charge is 0.348 e. The minimum absolute atomic E-state index is 0.0578. The summed E-state index contributed by atoms with van der Waals surface area (Å²) in [4.78, 5) is 35.3. The number of hydrogen-bond donors (Lipinski definition) is 7. The van der Waals surface area contributed by atoms with Crippen molar-refractivity contribution in [1.82, 2.24) is 0 Å². The number of phenolic OH excluding ortho intramolecular Hbond substituents is 4. The zero-order valence-electron chi connectivity index (χ0n) is 15.7. The van der Waals surface area contributed by atoms with Crippen LogP contribution in [0.1, 0.15) is 11.1 Å². The van der Waals surface area contributed by atoms with E-state index >= 15 is 0 Å². The number of rotatable bonds is 8. The van der Waals surface area contributed by atoms with E-state index in [0.29, 0.717) is 0 Å². The van der Waals surface area contributed by atoms with Gasteiger partial charge in [0.1, 0.15) is 0 Å². The van der Waals surface area contributed by atoms with E-state index < -0.39 is 59.0 Å². The molecule has 0 unspecified atom stereocenters. The van der Waals surface area contributed by atoms with Crippen molar-refractivity contribution in [3.8, 4) is 23.0 Å². The van der Waals surface area contributed by atoms with Crippen LogP contribution in [0.2, 0.25) is 0 Å². The molecule has 0 aliphatic carbocycles. The molecule has 0 saturated carbocycles. The van der Waals surface area contributed by atoms with Gasteiger partial charge < -0.3 is 40.5 Å². The third-order valence-electron chi connectivity index (χ3n) is 4.19. The van der Waals surface area contributed by atoms with Gasteiger partial charge in [0.05, 0.1) is 0 Å². The Hall–Kier alpha value is -4.25. The van der Waals surface area contributed by atoms with Crippen molar-refractivity contribution in [3.63, 3.8) is 0 Å². The van der Waals surface area contributed by atoms with Crippen LogP contribution in [0.5, 0.6) is 23.0 Å². The van der Waals surface area contributed by atoms with Gasteiger partial charge in [0.25, 0.3) is 0 Å². The molecule has 0 bridgehead atoms. The van der Waals surface area contributed by atoms with Gasteiger partial charge in [-0.1, -0.05) is 12.1 Å². The standard InChI is InChI=1S/C20H18O11/c21-12-4-1-10(7-14(12)23)3-6-16(25)31-17(18(26)27)20(30,19(28)29)9-11-2-5-13(22)15(24)8-11/h1-8,17,21-24,30H,9H2,(H,26,27)(H,28,29)/t17-,20-/m0/s1. The Morgan fingerprint density at radius 2 is 1.48 bits per heavy atom. The third kappa shape index (κ3) is 5.42. The molecule has 0 aromatic heterocycles. The van der Waals surface area contributed by atoms with E-state index in [1.807, 2.05) is 0 Å². The van der Waals surface area contributed by atoms with Gasteiger partial charge in [-0.05, 0) is 41.5 Å². The first kappa shape index (κ1) is 23.0. The van der Waals surface area contributed by atoms with Crippen LogP contribution in [0.4, 0.5) is 0 Å². The van der Waals surface area contributed by atoms with Crippen LogP contribution in [-0.2, 0) is 25.5 Å². The number of aromatic hydroxyl groups is 4. The van der Waals surface area contributed by atoms with Crippen molar-refractivity contribution in [2.75, 3.05) is 0 Å². The number of benzene rings is 2. The summed E-state index contributed by atoms with van der Waals surface area (Å²) in [5.74, 6) is -7.30. The van der Waals surface area contributed by atoms with Crippen molar-refractivity contribution in [2.24, 2.45) is 0 Å². The van der Waals surface area contributed by atoms with E-state index in [1.54, 1.807) is 0 Å². The molecule has 2 aromatic carbocycles. The molecule has 0 fully saturated rings. The fourth-order valence-electron chi connectivity index (χ4n) is 2.59. The lowest BCUT2D eigenvalue weighted by molar-refractivity contribution is -0.192. The molecule has 2 rings (SSSR count). The number of carbonyl (C=O) groups is 3. The summed E-state index contributed by atoms with van der Waals surface area (Å²) >= 11 is 0. The van der Waals surface area contributed by atoms with Gasteiger partial charge in [0.2, 0.25) is 11.7 Å². The average Bonchev–Trinajstić information content (AvgIpc) is 2.69. The molecule has 0 aliphatic rings. The van der Waals surface area contributed by atoms with E-state index in [2.05, 4.69) is 4.74 Å². The molecule has 7 N–H and O–H groups in total. The fourth-order valence-corrected chi connectivity index (χ4v) is 2.59. The topological polar surface area (TPSA) is 202 Å². The number of carboxylic acids is 2. The van der Waals surface area contributed by atoms with Gasteiger partial charge in [-0.3, -0.25) is 0 Å². The first-order chi connectivity index (χ1) is 14.4. The maximum atomic E-state index is 12.0. The van der Waals surface area contributed by atoms with Crippen molar-refractivity contribution in [3.05, 3.63) is 53.6 Å². The van der Waals surface area contributed by atoms with E-state index in [1.165, 1.54) is 6.07 Å². The van der Waals surface area contributed by atoms with Crippen molar-refractivity contribution < 1.29 is 54.9 Å². The molecular weight excluding hydrogens is 416 g/mol. The van der Waals surface area contributed by atoms with Gasteiger partial charge >= 0.3 is 17.9 Å². The van der Waals surface area contributed by atoms with Crippen LogP contribution < -0.4 is 0 Å². The molecule has 0 spiro atoms. The van der Waals surface area contributed by atoms with E-state index in [-0.39, 0.29) is 11.1 Å². The number of aliphatic hydroxyl groups is 1. The van der Waals surface area contributed by atoms with Crippen molar-refractivity contribution in [1.29, 1.82) is 0 Å². The summed E-state index contributed by atoms with van der Waals surface area (Å²) in [5.41, 5.74) is -2.94. The number of esters is 1. The molecule has 0 heterocycles. The number of carbonyl (C=O) groups excluding carboxylic acids is 1. The summed E-state index contributed by atoms with van der Waals surface area (Å²) in [6.45, 7) is 0. The Labute approximate surface area is 174 Å². The Kier molecular flexibility index (Phi) is 6.72. The molecule has 0 radical (unpaired) electrons. The van der Waals surface area contributed by atoms with Crippen molar-refractivity contribution in [2.45, 2.75) is 18.1 Å². The largest absolute Gasteiger partial charge is 0.504 e. The fraction of sp³-hybridized carbons (Fsp3) is 0.150. The molecule has 31 heavy (non-hydrogen) atoms. The molecule has 11 heteroatoms. The molecule has 0 saturated heterocycles. The lowest BCUT2D eigenvalue weighted by Gasteiger charge is -2.29. The lowest BCUT2D eigenvalue weighted by atomic mass is 9.88. The first-order valence-corrected chi connectivity index (χ1v) is 8.54. The maximum absolute atomic E-state index is 12.0. The highest BCUT2D eigenvalue weighted by Gasteiger charge is 2.51. The van der Waals surface area contributed by atoms with Crippen molar-refractivity contribution >= 4 is 24.0 Å². The number of hydrogen-bond acceptors (Lipinski definition) is 9. The molecule has 164 valence electrons. The number of phenols is 4. The quantitative estimate of drug-likeness (QED) is 0.174. The summed E-state index contributed by atoms with van der Waals surface area (Å²) in [5, 5.41) is 66.9. The number of ether oxygens (including phenoxy) is 1. The zero-order valence-corrected chi connectivity index (χ0v) is 15.7. The van der Waals surface area contributed by atoms with Crippen LogP contribution in [-0.4, -0.2) is 65.4 Å². The van der Waals surface area contributed by atoms with Gasteiger partial charge in [-0.15, -0.1) is 0 Å². The van der Waals surface area contributed by atoms with Crippen LogP contribution in [0.3, 0.4) is 0 Å². The maximum Gasteiger partial charge on any atom is 0.348 e. The summed E-state index contributed by atoms with van der Waals surface area (Å²) in [7, 11) is 0. The second kappa shape index (κ2) is 9.05. The van der Waals surface area contributed by atoms with Gasteiger partial charge in [-0.25, -0.2) is 14.4 Å². The highest BCUT2D eigenvalue weighted by Crippen LogP contribution is 2.29. The van der Waals surface area contributed by atoms with Crippen LogP contribution in [0.25, 0.3) is 6.08 Å². The summed E-state index contributed by atoms with van der Waals surface area (Å²) in [6, 6.07) is 6.61. The minimum Gasteiger partial charge on any atom is -0.504 e. The third-order valence-corrected chi connectivity index (χ3v) is 4.19. The van der Waals surface area contributed by atoms with Gasteiger partial charge in [0, 0.05) is 12.5 Å². The lowest BCUT2D eigenvalue weighted by Crippen LogP contribution is -2.56. The van der Waals surface area contributed by atoms with Gasteiger partial charge in [0.15, 0.2) is 23.0 Å². The van der Waals surface area contributed by atoms with Crippen LogP contribution in [0, 0.1) is 0 Å². The summed E-state index contributed by atoms with van der Waals surface area (Å²) < 4.78 is 4.66. The molecule has 2 aromatic rings. The number of aliphatic carboxylic acids is 2. The Balaban J connectivity index is 2.27. The Bertz CT molecular complexity index is 1040. The predicted octanol–water partition coefficient (Wildman–Crippen LogP) is 0.577. The van der Waals surface area contributed by atoms with E-state index in [0.717, 1.165) is 42.5 Å². The minimum atomic E-state index is -3.12. The summed E-state index contributed by atoms with van der Waals surface area (Å²) in [6.07, 6.45) is -1.59. The second-order valence-electron chi connectivity index (χ2n) is 6.47. The number of carboxylic acid groups (broad SMARTS) is 2. The molecule has 2 atom stereocenters. The second-order valence-corrected chi connectivity index (χ2v) is 6.47.